The van der Waals surface area contributed by atoms with Crippen molar-refractivity contribution in [1.82, 2.24) is 0 Å². The lowest BCUT2D eigenvalue weighted by Crippen LogP contribution is -2.30. The molecule has 1 heterocycles. The zero-order valence-electron chi connectivity index (χ0n) is 10.8. The molecule has 0 radical (unpaired) electrons. The van der Waals surface area contributed by atoms with Gasteiger partial charge in [0.25, 0.3) is 10.0 Å². The third kappa shape index (κ3) is 2.90. The summed E-state index contributed by atoms with van der Waals surface area (Å²) < 4.78 is 27.3. The molecular weight excluding hydrogens is 362 g/mol. The van der Waals surface area contributed by atoms with Gasteiger partial charge in [-0.3, -0.25) is 4.31 Å². The summed E-state index contributed by atoms with van der Waals surface area (Å²) in [5, 5.41) is 9.14. The number of hydrogen-bond acceptors (Lipinski definition) is 4. The van der Waals surface area contributed by atoms with Crippen LogP contribution in [0.3, 0.4) is 0 Å². The lowest BCUT2D eigenvalue weighted by molar-refractivity contribution is 0.285. The Morgan fingerprint density at radius 2 is 1.95 bits per heavy atom. The van der Waals surface area contributed by atoms with Crippen LogP contribution in [0.15, 0.2) is 45.1 Å². The van der Waals surface area contributed by atoms with E-state index in [4.69, 9.17) is 5.11 Å². The van der Waals surface area contributed by atoms with E-state index in [1.54, 1.807) is 31.2 Å². The zero-order valence-corrected chi connectivity index (χ0v) is 14.0. The van der Waals surface area contributed by atoms with Gasteiger partial charge in [-0.1, -0.05) is 18.2 Å². The number of halogens is 1. The zero-order chi connectivity index (χ0) is 14.8. The van der Waals surface area contributed by atoms with Crippen molar-refractivity contribution < 1.29 is 13.5 Å². The Balaban J connectivity index is 2.49. The first-order chi connectivity index (χ1) is 9.50. The minimum atomic E-state index is -3.64. The third-order valence-electron chi connectivity index (χ3n) is 2.76. The summed E-state index contributed by atoms with van der Waals surface area (Å²) in [5.41, 5.74) is 0.624. The summed E-state index contributed by atoms with van der Waals surface area (Å²) in [6.07, 6.45) is 0. The second-order valence-corrected chi connectivity index (χ2v) is 8.30. The fourth-order valence-electron chi connectivity index (χ4n) is 1.86. The second-order valence-electron chi connectivity index (χ2n) is 4.01. The Labute approximate surface area is 130 Å². The summed E-state index contributed by atoms with van der Waals surface area (Å²) in [5.74, 6) is 0. The molecule has 1 aromatic carbocycles. The normalized spacial score (nSPS) is 11.6. The number of rotatable bonds is 5. The van der Waals surface area contributed by atoms with Gasteiger partial charge in [0.2, 0.25) is 0 Å². The van der Waals surface area contributed by atoms with Gasteiger partial charge < -0.3 is 5.11 Å². The van der Waals surface area contributed by atoms with Crippen LogP contribution in [0, 0.1) is 0 Å². The Morgan fingerprint density at radius 1 is 1.30 bits per heavy atom. The van der Waals surface area contributed by atoms with Gasteiger partial charge in [0.1, 0.15) is 4.90 Å². The molecule has 0 aliphatic heterocycles. The predicted octanol–water partition coefficient (Wildman–Crippen LogP) is 3.22. The highest BCUT2D eigenvalue weighted by molar-refractivity contribution is 9.11. The molecule has 0 bridgehead atoms. The van der Waals surface area contributed by atoms with Crippen molar-refractivity contribution in [2.45, 2.75) is 18.4 Å². The van der Waals surface area contributed by atoms with Crippen LogP contribution in [0.5, 0.6) is 0 Å². The number of aliphatic hydroxyl groups excluding tert-OH is 1. The third-order valence-corrected chi connectivity index (χ3v) is 6.90. The van der Waals surface area contributed by atoms with Crippen molar-refractivity contribution in [3.8, 4) is 0 Å². The highest BCUT2D eigenvalue weighted by Gasteiger charge is 2.27. The van der Waals surface area contributed by atoms with Gasteiger partial charge in [-0.05, 0) is 41.1 Å². The second kappa shape index (κ2) is 6.26. The molecule has 0 unspecified atom stereocenters. The van der Waals surface area contributed by atoms with Gasteiger partial charge >= 0.3 is 0 Å². The smallest absolute Gasteiger partial charge is 0.266 e. The molecule has 0 amide bonds. The Hall–Kier alpha value is -0.890. The van der Waals surface area contributed by atoms with Gasteiger partial charge in [-0.2, -0.15) is 0 Å². The van der Waals surface area contributed by atoms with Crippen molar-refractivity contribution in [2.24, 2.45) is 0 Å². The van der Waals surface area contributed by atoms with Crippen molar-refractivity contribution in [2.75, 3.05) is 10.8 Å². The molecule has 1 aromatic heterocycles. The maximum absolute atomic E-state index is 12.7. The molecule has 2 aromatic rings. The van der Waals surface area contributed by atoms with E-state index in [0.717, 1.165) is 0 Å². The number of para-hydroxylation sites is 1. The van der Waals surface area contributed by atoms with Crippen molar-refractivity contribution in [3.63, 3.8) is 0 Å². The van der Waals surface area contributed by atoms with Crippen LogP contribution >= 0.6 is 27.3 Å². The van der Waals surface area contributed by atoms with Gasteiger partial charge in [0.15, 0.2) is 0 Å². The van der Waals surface area contributed by atoms with Gasteiger partial charge in [-0.15, -0.1) is 11.3 Å². The summed E-state index contributed by atoms with van der Waals surface area (Å²) in [4.78, 5) is 0.803. The molecule has 0 spiro atoms. The van der Waals surface area contributed by atoms with Crippen LogP contribution in [0.2, 0.25) is 0 Å². The van der Waals surface area contributed by atoms with E-state index in [1.165, 1.54) is 21.7 Å². The highest BCUT2D eigenvalue weighted by atomic mass is 79.9. The predicted molar refractivity (Wildman–Crippen MR) is 84.6 cm³/mol. The Bertz CT molecular complexity index is 683. The number of nitrogens with zero attached hydrogens (tertiary/aromatic N) is 1. The molecule has 2 rings (SSSR count). The fourth-order valence-corrected chi connectivity index (χ4v) is 5.82. The lowest BCUT2D eigenvalue weighted by atomic mass is 10.3. The molecule has 20 heavy (non-hydrogen) atoms. The molecule has 0 fully saturated rings. The monoisotopic (exact) mass is 375 g/mol. The summed E-state index contributed by atoms with van der Waals surface area (Å²) in [7, 11) is -3.64. The van der Waals surface area contributed by atoms with Crippen molar-refractivity contribution in [3.05, 3.63) is 45.1 Å². The SMILES string of the molecule is CCN(c1ccccc1)S(=O)(=O)c1cc(CO)sc1Br. The highest BCUT2D eigenvalue weighted by Crippen LogP contribution is 2.35. The topological polar surface area (TPSA) is 57.6 Å². The lowest BCUT2D eigenvalue weighted by Gasteiger charge is -2.22. The quantitative estimate of drug-likeness (QED) is 0.872. The average Bonchev–Trinajstić information content (AvgIpc) is 2.82. The fraction of sp³-hybridized carbons (Fsp3) is 0.231. The molecule has 0 aliphatic carbocycles. The summed E-state index contributed by atoms with van der Waals surface area (Å²) in [6.45, 7) is 1.96. The van der Waals surface area contributed by atoms with Crippen molar-refractivity contribution in [1.29, 1.82) is 0 Å². The molecule has 0 aliphatic rings. The maximum Gasteiger partial charge on any atom is 0.266 e. The first-order valence-corrected chi connectivity index (χ1v) is 9.02. The Morgan fingerprint density at radius 3 is 2.45 bits per heavy atom. The van der Waals surface area contributed by atoms with Crippen LogP contribution in [-0.4, -0.2) is 20.1 Å². The molecule has 108 valence electrons. The molecule has 4 nitrogen and oxygen atoms in total. The van der Waals surface area contributed by atoms with E-state index in [1.807, 2.05) is 6.07 Å². The van der Waals surface area contributed by atoms with Crippen LogP contribution in [-0.2, 0) is 16.6 Å². The number of aliphatic hydroxyl groups is 1. The molecular formula is C13H14BrNO3S2. The van der Waals surface area contributed by atoms with Gasteiger partial charge in [0.05, 0.1) is 16.1 Å². The number of benzene rings is 1. The molecule has 0 saturated heterocycles. The van der Waals surface area contributed by atoms with Crippen LogP contribution in [0.4, 0.5) is 5.69 Å². The molecule has 0 saturated carbocycles. The largest absolute Gasteiger partial charge is 0.391 e. The summed E-state index contributed by atoms with van der Waals surface area (Å²) >= 11 is 4.49. The number of thiophene rings is 1. The maximum atomic E-state index is 12.7. The van der Waals surface area contributed by atoms with E-state index in [-0.39, 0.29) is 11.5 Å². The number of hydrogen-bond donors (Lipinski definition) is 1. The first kappa shape index (κ1) is 15.5. The van der Waals surface area contributed by atoms with E-state index in [2.05, 4.69) is 15.9 Å². The number of sulfonamides is 1. The minimum absolute atomic E-state index is 0.170. The van der Waals surface area contributed by atoms with E-state index < -0.39 is 10.0 Å². The van der Waals surface area contributed by atoms with Gasteiger partial charge in [0, 0.05) is 11.4 Å². The van der Waals surface area contributed by atoms with E-state index in [0.29, 0.717) is 20.9 Å². The van der Waals surface area contributed by atoms with Crippen LogP contribution in [0.1, 0.15) is 11.8 Å². The van der Waals surface area contributed by atoms with Crippen LogP contribution in [0.25, 0.3) is 0 Å². The van der Waals surface area contributed by atoms with Gasteiger partial charge in [-0.25, -0.2) is 8.42 Å². The standard InChI is InChI=1S/C13H14BrNO3S2/c1-2-15(10-6-4-3-5-7-10)20(17,18)12-8-11(9-16)19-13(12)14/h3-8,16H,2,9H2,1H3. The average molecular weight is 376 g/mol. The molecule has 1 N–H and O–H groups in total. The molecule has 7 heteroatoms. The van der Waals surface area contributed by atoms with E-state index in [9.17, 15) is 8.42 Å². The van der Waals surface area contributed by atoms with Crippen LogP contribution < -0.4 is 4.31 Å². The first-order valence-electron chi connectivity index (χ1n) is 5.97. The Kier molecular flexibility index (Phi) is 4.85. The molecule has 0 atom stereocenters. The van der Waals surface area contributed by atoms with E-state index >= 15 is 0 Å². The summed E-state index contributed by atoms with van der Waals surface area (Å²) in [6, 6.07) is 10.5. The minimum Gasteiger partial charge on any atom is -0.391 e. The number of anilines is 1. The van der Waals surface area contributed by atoms with Crippen molar-refractivity contribution >= 4 is 43.0 Å².